The zero-order valence-electron chi connectivity index (χ0n) is 12.1. The highest BCUT2D eigenvalue weighted by Gasteiger charge is 2.44. The van der Waals surface area contributed by atoms with E-state index in [1.54, 1.807) is 6.92 Å². The topological polar surface area (TPSA) is 54.4 Å². The lowest BCUT2D eigenvalue weighted by atomic mass is 9.60. The molecule has 112 valence electrons. The molecule has 1 atom stereocenters. The van der Waals surface area contributed by atoms with Crippen LogP contribution >= 0.6 is 0 Å². The third-order valence-corrected chi connectivity index (χ3v) is 6.40. The van der Waals surface area contributed by atoms with Crippen molar-refractivity contribution in [2.75, 3.05) is 11.5 Å². The molecule has 1 aromatic rings. The molecule has 1 unspecified atom stereocenters. The zero-order valence-corrected chi connectivity index (χ0v) is 12.9. The van der Waals surface area contributed by atoms with E-state index in [-0.39, 0.29) is 16.9 Å². The molecule has 0 spiro atoms. The summed E-state index contributed by atoms with van der Waals surface area (Å²) in [6.07, 6.45) is 3.81. The van der Waals surface area contributed by atoms with Gasteiger partial charge in [-0.1, -0.05) is 43.7 Å². The zero-order chi connectivity index (χ0) is 14.6. The molecule has 0 amide bonds. The predicted molar refractivity (Wildman–Crippen MR) is 81.5 cm³/mol. The van der Waals surface area contributed by atoms with Gasteiger partial charge in [-0.25, -0.2) is 8.42 Å². The second-order valence-electron chi connectivity index (χ2n) is 5.77. The van der Waals surface area contributed by atoms with Gasteiger partial charge in [0.25, 0.3) is 0 Å². The Morgan fingerprint density at radius 2 is 1.90 bits per heavy atom. The Morgan fingerprint density at radius 3 is 2.40 bits per heavy atom. The van der Waals surface area contributed by atoms with Crippen LogP contribution in [0.3, 0.4) is 0 Å². The van der Waals surface area contributed by atoms with Crippen LogP contribution in [-0.2, 0) is 15.3 Å². The molecule has 0 aromatic heterocycles. The van der Waals surface area contributed by atoms with Crippen molar-refractivity contribution in [3.8, 4) is 0 Å². The molecule has 1 saturated carbocycles. The van der Waals surface area contributed by atoms with Crippen LogP contribution in [0.1, 0.15) is 44.6 Å². The lowest BCUT2D eigenvalue weighted by Crippen LogP contribution is -2.45. The van der Waals surface area contributed by atoms with Gasteiger partial charge in [-0.15, -0.1) is 0 Å². The van der Waals surface area contributed by atoms with Gasteiger partial charge < -0.3 is 5.11 Å². The largest absolute Gasteiger partial charge is 0.392 e. The van der Waals surface area contributed by atoms with Crippen molar-refractivity contribution < 1.29 is 13.5 Å². The molecule has 0 bridgehead atoms. The minimum absolute atomic E-state index is 0.142. The average Bonchev–Trinajstić information content (AvgIpc) is 2.38. The van der Waals surface area contributed by atoms with Gasteiger partial charge in [0, 0.05) is 11.2 Å². The van der Waals surface area contributed by atoms with Gasteiger partial charge in [0.1, 0.15) is 9.84 Å². The fraction of sp³-hybridized carbons (Fsp3) is 0.625. The van der Waals surface area contributed by atoms with E-state index in [2.05, 4.69) is 12.1 Å². The van der Waals surface area contributed by atoms with E-state index in [4.69, 9.17) is 0 Å². The van der Waals surface area contributed by atoms with E-state index in [0.717, 1.165) is 19.3 Å². The molecule has 1 aromatic carbocycles. The fourth-order valence-corrected chi connectivity index (χ4v) is 3.95. The van der Waals surface area contributed by atoms with Crippen LogP contribution < -0.4 is 0 Å². The molecule has 1 aliphatic carbocycles. The van der Waals surface area contributed by atoms with Gasteiger partial charge in [-0.2, -0.15) is 0 Å². The van der Waals surface area contributed by atoms with Crippen LogP contribution in [0.4, 0.5) is 0 Å². The number of benzene rings is 1. The molecule has 1 N–H and O–H groups in total. The van der Waals surface area contributed by atoms with E-state index in [1.165, 1.54) is 5.56 Å². The van der Waals surface area contributed by atoms with Crippen LogP contribution in [0.25, 0.3) is 0 Å². The molecule has 20 heavy (non-hydrogen) atoms. The first-order valence-corrected chi connectivity index (χ1v) is 9.26. The van der Waals surface area contributed by atoms with Crippen LogP contribution in [0.2, 0.25) is 0 Å². The van der Waals surface area contributed by atoms with Crippen molar-refractivity contribution in [3.05, 3.63) is 35.9 Å². The monoisotopic (exact) mass is 296 g/mol. The molecule has 0 radical (unpaired) electrons. The molecule has 1 fully saturated rings. The lowest BCUT2D eigenvalue weighted by Gasteiger charge is -2.46. The third-order valence-electron chi connectivity index (χ3n) is 4.61. The highest BCUT2D eigenvalue weighted by Crippen LogP contribution is 2.47. The first-order valence-electron chi connectivity index (χ1n) is 7.44. The van der Waals surface area contributed by atoms with Crippen molar-refractivity contribution in [2.45, 2.75) is 50.5 Å². The summed E-state index contributed by atoms with van der Waals surface area (Å²) in [7, 11) is -2.93. The number of aliphatic hydroxyl groups is 1. The van der Waals surface area contributed by atoms with Crippen molar-refractivity contribution in [1.29, 1.82) is 0 Å². The molecule has 0 saturated heterocycles. The Morgan fingerprint density at radius 1 is 1.25 bits per heavy atom. The van der Waals surface area contributed by atoms with Gasteiger partial charge in [0.05, 0.1) is 11.9 Å². The van der Waals surface area contributed by atoms with Crippen LogP contribution in [0, 0.1) is 0 Å². The maximum absolute atomic E-state index is 11.5. The summed E-state index contributed by atoms with van der Waals surface area (Å²) in [5.41, 5.74) is 1.05. The Kier molecular flexibility index (Phi) is 4.86. The maximum Gasteiger partial charge on any atom is 0.150 e. The van der Waals surface area contributed by atoms with Crippen molar-refractivity contribution in [2.24, 2.45) is 0 Å². The fourth-order valence-electron chi connectivity index (χ4n) is 3.06. The predicted octanol–water partition coefficient (Wildman–Crippen LogP) is 2.68. The van der Waals surface area contributed by atoms with E-state index < -0.39 is 15.9 Å². The van der Waals surface area contributed by atoms with Gasteiger partial charge >= 0.3 is 0 Å². The summed E-state index contributed by atoms with van der Waals surface area (Å²) >= 11 is 0. The average molecular weight is 296 g/mol. The summed E-state index contributed by atoms with van der Waals surface area (Å²) < 4.78 is 23.0. The van der Waals surface area contributed by atoms with Gasteiger partial charge in [-0.3, -0.25) is 0 Å². The minimum Gasteiger partial charge on any atom is -0.392 e. The molecular weight excluding hydrogens is 272 g/mol. The molecule has 3 nitrogen and oxygen atoms in total. The van der Waals surface area contributed by atoms with Gasteiger partial charge in [-0.05, 0) is 31.2 Å². The van der Waals surface area contributed by atoms with E-state index in [0.29, 0.717) is 12.8 Å². The van der Waals surface area contributed by atoms with Crippen LogP contribution in [0.5, 0.6) is 0 Å². The van der Waals surface area contributed by atoms with Crippen molar-refractivity contribution in [1.82, 2.24) is 0 Å². The van der Waals surface area contributed by atoms with E-state index >= 15 is 0 Å². The second kappa shape index (κ2) is 6.27. The minimum atomic E-state index is -2.93. The summed E-state index contributed by atoms with van der Waals surface area (Å²) in [4.78, 5) is 0. The second-order valence-corrected chi connectivity index (χ2v) is 8.24. The Hall–Kier alpha value is -0.870. The molecule has 0 heterocycles. The Labute approximate surface area is 121 Å². The highest BCUT2D eigenvalue weighted by molar-refractivity contribution is 7.91. The number of sulfone groups is 1. The van der Waals surface area contributed by atoms with Crippen LogP contribution in [0.15, 0.2) is 30.3 Å². The normalized spacial score (nSPS) is 19.3. The maximum atomic E-state index is 11.5. The SMILES string of the molecule is CCS(=O)(=O)CCCC(O)C1(c2ccccc2)CCC1. The number of rotatable bonds is 7. The third kappa shape index (κ3) is 3.23. The summed E-state index contributed by atoms with van der Waals surface area (Å²) in [6.45, 7) is 1.67. The number of aliphatic hydroxyl groups excluding tert-OH is 1. The lowest BCUT2D eigenvalue weighted by molar-refractivity contribution is 0.0219. The first-order chi connectivity index (χ1) is 9.50. The quantitative estimate of drug-likeness (QED) is 0.841. The summed E-state index contributed by atoms with van der Waals surface area (Å²) in [5.74, 6) is 0.373. The number of hydrogen-bond donors (Lipinski definition) is 1. The van der Waals surface area contributed by atoms with Gasteiger partial charge in [0.2, 0.25) is 0 Å². The Balaban J connectivity index is 1.98. The van der Waals surface area contributed by atoms with Gasteiger partial charge in [0.15, 0.2) is 0 Å². The summed E-state index contributed by atoms with van der Waals surface area (Å²) in [5, 5.41) is 10.5. The van der Waals surface area contributed by atoms with E-state index in [1.807, 2.05) is 18.2 Å². The molecular formula is C16H24O3S. The first kappa shape index (κ1) is 15.5. The number of hydrogen-bond acceptors (Lipinski definition) is 3. The molecule has 1 aliphatic rings. The van der Waals surface area contributed by atoms with Crippen LogP contribution in [-0.4, -0.2) is 31.1 Å². The molecule has 4 heteroatoms. The smallest absolute Gasteiger partial charge is 0.150 e. The van der Waals surface area contributed by atoms with Crippen molar-refractivity contribution >= 4 is 9.84 Å². The van der Waals surface area contributed by atoms with E-state index in [9.17, 15) is 13.5 Å². The summed E-state index contributed by atoms with van der Waals surface area (Å²) in [6, 6.07) is 10.1. The standard InChI is InChI=1S/C16H24O3S/c1-2-20(18,19)13-6-10-15(17)16(11-7-12-16)14-8-4-3-5-9-14/h3-5,8-9,15,17H,2,6-7,10-13H2,1H3. The Bertz CT molecular complexity index is 518. The molecule has 0 aliphatic heterocycles. The highest BCUT2D eigenvalue weighted by atomic mass is 32.2. The van der Waals surface area contributed by atoms with Crippen molar-refractivity contribution in [3.63, 3.8) is 0 Å². The molecule has 2 rings (SSSR count).